The maximum atomic E-state index is 5.09. The molecule has 0 aromatic carbocycles. The Hall–Kier alpha value is -1.00. The van der Waals surface area contributed by atoms with Gasteiger partial charge in [0.2, 0.25) is 0 Å². The first-order valence-corrected chi connectivity index (χ1v) is 5.51. The van der Waals surface area contributed by atoms with E-state index in [2.05, 4.69) is 14.9 Å². The Morgan fingerprint density at radius 1 is 1.12 bits per heavy atom. The molecular formula is C12H21N3O. The third-order valence-electron chi connectivity index (χ3n) is 2.48. The molecule has 0 bridgehead atoms. The predicted molar refractivity (Wildman–Crippen MR) is 64.5 cm³/mol. The van der Waals surface area contributed by atoms with E-state index in [1.54, 1.807) is 7.11 Å². The molecule has 0 spiro atoms. The van der Waals surface area contributed by atoms with E-state index in [1.165, 1.54) is 5.56 Å². The lowest BCUT2D eigenvalue weighted by Crippen LogP contribution is -2.16. The third-order valence-corrected chi connectivity index (χ3v) is 2.48. The molecule has 0 amide bonds. The summed E-state index contributed by atoms with van der Waals surface area (Å²) in [6.07, 6.45) is 0.885. The maximum Gasteiger partial charge on any atom is 0.142 e. The Morgan fingerprint density at radius 2 is 1.69 bits per heavy atom. The molecule has 0 saturated heterocycles. The molecule has 0 saturated carbocycles. The molecule has 0 atom stereocenters. The lowest BCUT2D eigenvalue weighted by molar-refractivity contribution is 0.202. The fourth-order valence-corrected chi connectivity index (χ4v) is 1.73. The Kier molecular flexibility index (Phi) is 4.83. The summed E-state index contributed by atoms with van der Waals surface area (Å²) in [7, 11) is 5.76. The summed E-state index contributed by atoms with van der Waals surface area (Å²) in [6.45, 7) is 5.59. The Morgan fingerprint density at radius 3 is 2.12 bits per heavy atom. The van der Waals surface area contributed by atoms with E-state index >= 15 is 0 Å². The molecule has 16 heavy (non-hydrogen) atoms. The average Bonchev–Trinajstić information content (AvgIpc) is 2.15. The molecule has 0 N–H and O–H groups in total. The van der Waals surface area contributed by atoms with Crippen molar-refractivity contribution in [2.24, 2.45) is 0 Å². The zero-order chi connectivity index (χ0) is 12.1. The van der Waals surface area contributed by atoms with Crippen LogP contribution in [0.3, 0.4) is 0 Å². The highest BCUT2D eigenvalue weighted by Gasteiger charge is 2.08. The van der Waals surface area contributed by atoms with E-state index in [0.29, 0.717) is 0 Å². The minimum Gasteiger partial charge on any atom is -0.384 e. The number of ether oxygens (including phenoxy) is 1. The Balaban J connectivity index is 2.89. The van der Waals surface area contributed by atoms with Gasteiger partial charge in [-0.25, -0.2) is 9.97 Å². The van der Waals surface area contributed by atoms with Crippen molar-refractivity contribution in [2.75, 3.05) is 27.8 Å². The first-order valence-electron chi connectivity index (χ1n) is 5.51. The number of hydrogen-bond acceptors (Lipinski definition) is 4. The van der Waals surface area contributed by atoms with Crippen molar-refractivity contribution in [3.63, 3.8) is 0 Å². The first-order chi connectivity index (χ1) is 7.54. The number of aryl methyl sites for hydroxylation is 2. The summed E-state index contributed by atoms with van der Waals surface area (Å²) in [5.41, 5.74) is 3.35. The number of nitrogens with zero attached hydrogens (tertiary/aromatic N) is 3. The normalized spacial score (nSPS) is 11.1. The van der Waals surface area contributed by atoms with Crippen LogP contribution in [0.15, 0.2) is 0 Å². The molecule has 90 valence electrons. The van der Waals surface area contributed by atoms with Gasteiger partial charge in [-0.3, -0.25) is 0 Å². The number of aromatic nitrogens is 2. The molecule has 0 aliphatic rings. The molecule has 0 aliphatic carbocycles. The zero-order valence-corrected chi connectivity index (χ0v) is 10.9. The fraction of sp³-hybridized carbons (Fsp3) is 0.667. The molecule has 1 aromatic rings. The monoisotopic (exact) mass is 223 g/mol. The minimum absolute atomic E-state index is 0.720. The Bertz CT molecular complexity index is 327. The van der Waals surface area contributed by atoms with E-state index in [-0.39, 0.29) is 0 Å². The quantitative estimate of drug-likeness (QED) is 0.755. The molecule has 4 nitrogen and oxygen atoms in total. The number of rotatable bonds is 5. The highest BCUT2D eigenvalue weighted by molar-refractivity contribution is 5.24. The molecular weight excluding hydrogens is 202 g/mol. The second kappa shape index (κ2) is 5.92. The van der Waals surface area contributed by atoms with Crippen LogP contribution in [0.5, 0.6) is 0 Å². The summed E-state index contributed by atoms with van der Waals surface area (Å²) >= 11 is 0. The molecule has 1 aromatic heterocycles. The van der Waals surface area contributed by atoms with Crippen molar-refractivity contribution in [1.29, 1.82) is 0 Å². The number of hydrogen-bond donors (Lipinski definition) is 0. The van der Waals surface area contributed by atoms with Crippen LogP contribution in [-0.2, 0) is 17.7 Å². The molecule has 0 unspecified atom stereocenters. The van der Waals surface area contributed by atoms with E-state index in [0.717, 1.165) is 36.8 Å². The van der Waals surface area contributed by atoms with E-state index in [9.17, 15) is 0 Å². The summed E-state index contributed by atoms with van der Waals surface area (Å²) in [4.78, 5) is 11.1. The molecule has 1 heterocycles. The molecule has 0 fully saturated rings. The van der Waals surface area contributed by atoms with Gasteiger partial charge in [0.1, 0.15) is 5.82 Å². The zero-order valence-electron chi connectivity index (χ0n) is 10.9. The van der Waals surface area contributed by atoms with Gasteiger partial charge in [0.15, 0.2) is 0 Å². The topological polar surface area (TPSA) is 38.2 Å². The fourth-order valence-electron chi connectivity index (χ4n) is 1.73. The first kappa shape index (κ1) is 13.1. The van der Waals surface area contributed by atoms with Gasteiger partial charge in [-0.05, 0) is 39.9 Å². The van der Waals surface area contributed by atoms with Gasteiger partial charge in [0, 0.05) is 18.5 Å². The standard InChI is InChI=1S/C12H21N3O/c1-9-11(6-7-16-5)10(2)14-12(13-9)8-15(3)4/h6-8H2,1-5H3. The van der Waals surface area contributed by atoms with Crippen molar-refractivity contribution in [2.45, 2.75) is 26.8 Å². The highest BCUT2D eigenvalue weighted by Crippen LogP contribution is 2.11. The predicted octanol–water partition coefficient (Wildman–Crippen LogP) is 1.34. The second-order valence-corrected chi connectivity index (χ2v) is 4.27. The average molecular weight is 223 g/mol. The van der Waals surface area contributed by atoms with E-state index in [4.69, 9.17) is 4.74 Å². The van der Waals surface area contributed by atoms with Crippen LogP contribution in [0.1, 0.15) is 22.8 Å². The summed E-state index contributed by atoms with van der Waals surface area (Å²) in [5, 5.41) is 0. The molecule has 4 heteroatoms. The van der Waals surface area contributed by atoms with Crippen LogP contribution in [0.4, 0.5) is 0 Å². The van der Waals surface area contributed by atoms with Crippen molar-refractivity contribution in [3.05, 3.63) is 22.8 Å². The molecule has 1 rings (SSSR count). The highest BCUT2D eigenvalue weighted by atomic mass is 16.5. The van der Waals surface area contributed by atoms with Crippen molar-refractivity contribution >= 4 is 0 Å². The van der Waals surface area contributed by atoms with Gasteiger partial charge < -0.3 is 9.64 Å². The van der Waals surface area contributed by atoms with Gasteiger partial charge in [0.05, 0.1) is 13.2 Å². The summed E-state index contributed by atoms with van der Waals surface area (Å²) in [6, 6.07) is 0. The van der Waals surface area contributed by atoms with Crippen LogP contribution >= 0.6 is 0 Å². The maximum absolute atomic E-state index is 5.09. The molecule has 0 aliphatic heterocycles. The second-order valence-electron chi connectivity index (χ2n) is 4.27. The SMILES string of the molecule is COCCc1c(C)nc(CN(C)C)nc1C. The third kappa shape index (κ3) is 3.54. The van der Waals surface area contributed by atoms with Crippen molar-refractivity contribution < 1.29 is 4.74 Å². The van der Waals surface area contributed by atoms with Crippen molar-refractivity contribution in [1.82, 2.24) is 14.9 Å². The van der Waals surface area contributed by atoms with Gasteiger partial charge in [-0.2, -0.15) is 0 Å². The van der Waals surface area contributed by atoms with Crippen LogP contribution in [0.25, 0.3) is 0 Å². The van der Waals surface area contributed by atoms with Crippen LogP contribution in [0, 0.1) is 13.8 Å². The lowest BCUT2D eigenvalue weighted by Gasteiger charge is -2.13. The summed E-state index contributed by atoms with van der Waals surface area (Å²) < 4.78 is 5.09. The Labute approximate surface area is 97.7 Å². The van der Waals surface area contributed by atoms with Gasteiger partial charge in [-0.1, -0.05) is 0 Å². The van der Waals surface area contributed by atoms with Crippen LogP contribution < -0.4 is 0 Å². The van der Waals surface area contributed by atoms with E-state index < -0.39 is 0 Å². The number of methoxy groups -OCH3 is 1. The lowest BCUT2D eigenvalue weighted by atomic mass is 10.1. The van der Waals surface area contributed by atoms with Gasteiger partial charge in [-0.15, -0.1) is 0 Å². The van der Waals surface area contributed by atoms with Crippen molar-refractivity contribution in [3.8, 4) is 0 Å². The molecule has 0 radical (unpaired) electrons. The smallest absolute Gasteiger partial charge is 0.142 e. The van der Waals surface area contributed by atoms with Crippen LogP contribution in [-0.4, -0.2) is 42.7 Å². The largest absolute Gasteiger partial charge is 0.384 e. The van der Waals surface area contributed by atoms with Crippen LogP contribution in [0.2, 0.25) is 0 Å². The van der Waals surface area contributed by atoms with Gasteiger partial charge >= 0.3 is 0 Å². The minimum atomic E-state index is 0.720. The summed E-state index contributed by atoms with van der Waals surface area (Å²) in [5.74, 6) is 0.890. The van der Waals surface area contributed by atoms with E-state index in [1.807, 2.05) is 27.9 Å². The van der Waals surface area contributed by atoms with Gasteiger partial charge in [0.25, 0.3) is 0 Å².